The quantitative estimate of drug-likeness (QED) is 0.434. The zero-order valence-corrected chi connectivity index (χ0v) is 22.3. The van der Waals surface area contributed by atoms with Crippen LogP contribution < -0.4 is 5.32 Å². The Morgan fingerprint density at radius 2 is 1.59 bits per heavy atom. The van der Waals surface area contributed by atoms with E-state index in [9.17, 15) is 35.9 Å². The van der Waals surface area contributed by atoms with Gasteiger partial charge in [-0.25, -0.2) is 9.97 Å². The number of carbonyl (C=O) groups is 2. The fraction of sp³-hybridized carbons (Fsp3) is 0.423. The summed E-state index contributed by atoms with van der Waals surface area (Å²) in [6.45, 7) is 3.21. The van der Waals surface area contributed by atoms with Crippen LogP contribution >= 0.6 is 0 Å². The minimum atomic E-state index is -5.09. The molecule has 0 radical (unpaired) electrons. The van der Waals surface area contributed by atoms with E-state index in [0.717, 1.165) is 32.3 Å². The molecule has 9 nitrogen and oxygen atoms in total. The standard InChI is InChI=1S/C26H27F6N7O2/c1-15(36-23(40)17-10-18(25(27,28)29)12-19(11-17)26(30,31)32)22-34-14-35-39(22)21-5-4-16(13-33-21)24(41)38(3)20-6-8-37(2)9-7-20/h4-5,10-15,20H,6-9H2,1-3H3,(H,36,40)/t15-/m0/s1. The van der Waals surface area contributed by atoms with E-state index in [2.05, 4.69) is 25.3 Å². The van der Waals surface area contributed by atoms with Crippen LogP contribution in [0, 0.1) is 0 Å². The highest BCUT2D eigenvalue weighted by atomic mass is 19.4. The molecular formula is C26H27F6N7O2. The third-order valence-corrected chi connectivity index (χ3v) is 6.93. The minimum Gasteiger partial charge on any atom is -0.342 e. The number of carbonyl (C=O) groups excluding carboxylic acids is 2. The van der Waals surface area contributed by atoms with E-state index in [1.54, 1.807) is 18.0 Å². The Hall–Kier alpha value is -4.01. The number of rotatable bonds is 6. The molecule has 3 aromatic rings. The zero-order valence-electron chi connectivity index (χ0n) is 22.3. The minimum absolute atomic E-state index is 0.0531. The summed E-state index contributed by atoms with van der Waals surface area (Å²) in [5, 5.41) is 6.43. The van der Waals surface area contributed by atoms with Crippen LogP contribution in [0.2, 0.25) is 0 Å². The van der Waals surface area contributed by atoms with E-state index in [-0.39, 0.29) is 29.7 Å². The van der Waals surface area contributed by atoms with Crippen LogP contribution in [0.25, 0.3) is 5.82 Å². The van der Waals surface area contributed by atoms with E-state index in [0.29, 0.717) is 17.7 Å². The summed E-state index contributed by atoms with van der Waals surface area (Å²) in [6, 6.07) is 2.84. The Kier molecular flexibility index (Phi) is 8.38. The lowest BCUT2D eigenvalue weighted by Gasteiger charge is -2.35. The van der Waals surface area contributed by atoms with Crippen LogP contribution in [-0.2, 0) is 12.4 Å². The molecule has 1 atom stereocenters. The van der Waals surface area contributed by atoms with E-state index < -0.39 is 41.0 Å². The largest absolute Gasteiger partial charge is 0.416 e. The van der Waals surface area contributed by atoms with Gasteiger partial charge in [-0.3, -0.25) is 9.59 Å². The Morgan fingerprint density at radius 3 is 2.12 bits per heavy atom. The topological polar surface area (TPSA) is 96.2 Å². The molecule has 15 heteroatoms. The summed E-state index contributed by atoms with van der Waals surface area (Å²) in [5.41, 5.74) is -3.68. The van der Waals surface area contributed by atoms with Gasteiger partial charge in [-0.1, -0.05) is 0 Å². The van der Waals surface area contributed by atoms with Crippen molar-refractivity contribution < 1.29 is 35.9 Å². The van der Waals surface area contributed by atoms with E-state index in [4.69, 9.17) is 0 Å². The molecule has 1 aromatic carbocycles. The smallest absolute Gasteiger partial charge is 0.342 e. The van der Waals surface area contributed by atoms with Gasteiger partial charge >= 0.3 is 12.4 Å². The van der Waals surface area contributed by atoms with Crippen molar-refractivity contribution in [3.63, 3.8) is 0 Å². The molecule has 0 unspecified atom stereocenters. The van der Waals surface area contributed by atoms with Gasteiger partial charge in [-0.05, 0) is 70.2 Å². The number of hydrogen-bond donors (Lipinski definition) is 1. The number of halogens is 6. The summed E-state index contributed by atoms with van der Waals surface area (Å²) in [7, 11) is 3.77. The number of piperidine rings is 1. The first kappa shape index (κ1) is 30.0. The van der Waals surface area contributed by atoms with Gasteiger partial charge in [0.1, 0.15) is 6.33 Å². The lowest BCUT2D eigenvalue weighted by Crippen LogP contribution is -2.44. The molecule has 0 saturated carbocycles. The van der Waals surface area contributed by atoms with Crippen LogP contribution in [0.3, 0.4) is 0 Å². The average Bonchev–Trinajstić information content (AvgIpc) is 3.42. The summed E-state index contributed by atoms with van der Waals surface area (Å²) >= 11 is 0. The highest BCUT2D eigenvalue weighted by Crippen LogP contribution is 2.36. The molecule has 0 spiro atoms. The molecule has 2 amide bonds. The number of nitrogens with zero attached hydrogens (tertiary/aromatic N) is 6. The number of aromatic nitrogens is 4. The molecular weight excluding hydrogens is 556 g/mol. The Bertz CT molecular complexity index is 1360. The zero-order chi connectivity index (χ0) is 30.1. The fourth-order valence-corrected chi connectivity index (χ4v) is 4.54. The Balaban J connectivity index is 1.50. The second-order valence-electron chi connectivity index (χ2n) is 9.88. The lowest BCUT2D eigenvalue weighted by molar-refractivity contribution is -0.143. The van der Waals surface area contributed by atoms with Crippen LogP contribution in [-0.4, -0.2) is 74.6 Å². The fourth-order valence-electron chi connectivity index (χ4n) is 4.54. The first-order valence-corrected chi connectivity index (χ1v) is 12.6. The monoisotopic (exact) mass is 583 g/mol. The molecule has 3 heterocycles. The maximum absolute atomic E-state index is 13.2. The third kappa shape index (κ3) is 6.84. The van der Waals surface area contributed by atoms with Gasteiger partial charge in [0.25, 0.3) is 11.8 Å². The highest BCUT2D eigenvalue weighted by Gasteiger charge is 2.37. The molecule has 4 rings (SSSR count). The SMILES string of the molecule is C[C@H](NC(=O)c1cc(C(F)(F)F)cc(C(F)(F)F)c1)c1ncnn1-c1ccc(C(=O)N(C)C2CCN(C)CC2)cn1. The van der Waals surface area contributed by atoms with Crippen molar-refractivity contribution in [3.05, 3.63) is 70.9 Å². The molecule has 1 saturated heterocycles. The average molecular weight is 584 g/mol. The molecule has 1 aliphatic heterocycles. The van der Waals surface area contributed by atoms with E-state index in [1.807, 2.05) is 7.05 Å². The molecule has 2 aromatic heterocycles. The van der Waals surface area contributed by atoms with E-state index >= 15 is 0 Å². The van der Waals surface area contributed by atoms with Crippen molar-refractivity contribution in [1.82, 2.24) is 34.9 Å². The summed E-state index contributed by atoms with van der Waals surface area (Å²) in [4.78, 5) is 37.9. The van der Waals surface area contributed by atoms with Crippen LogP contribution in [0.5, 0.6) is 0 Å². The van der Waals surface area contributed by atoms with Crippen molar-refractivity contribution in [2.45, 2.75) is 44.2 Å². The normalized spacial score (nSPS) is 15.9. The van der Waals surface area contributed by atoms with E-state index in [1.165, 1.54) is 23.9 Å². The maximum atomic E-state index is 13.2. The molecule has 1 aliphatic rings. The number of pyridine rings is 1. The summed E-state index contributed by atoms with van der Waals surface area (Å²) < 4.78 is 80.5. The molecule has 1 fully saturated rings. The molecule has 41 heavy (non-hydrogen) atoms. The lowest BCUT2D eigenvalue weighted by atomic mass is 10.0. The Morgan fingerprint density at radius 1 is 0.976 bits per heavy atom. The van der Waals surface area contributed by atoms with Gasteiger partial charge in [-0.15, -0.1) is 0 Å². The number of nitrogens with one attached hydrogen (secondary N) is 1. The van der Waals surface area contributed by atoms with Crippen LogP contribution in [0.1, 0.15) is 63.5 Å². The van der Waals surface area contributed by atoms with Gasteiger partial charge in [0.15, 0.2) is 11.6 Å². The number of hydrogen-bond acceptors (Lipinski definition) is 6. The van der Waals surface area contributed by atoms with Crippen LogP contribution in [0.4, 0.5) is 26.3 Å². The number of alkyl halides is 6. The number of amides is 2. The Labute approximate surface area is 231 Å². The second-order valence-corrected chi connectivity index (χ2v) is 9.88. The molecule has 0 aliphatic carbocycles. The van der Waals surface area contributed by atoms with Crippen molar-refractivity contribution in [2.24, 2.45) is 0 Å². The first-order valence-electron chi connectivity index (χ1n) is 12.6. The third-order valence-electron chi connectivity index (χ3n) is 6.93. The highest BCUT2D eigenvalue weighted by molar-refractivity contribution is 5.95. The van der Waals surface area contributed by atoms with Crippen molar-refractivity contribution in [3.8, 4) is 5.82 Å². The molecule has 0 bridgehead atoms. The summed E-state index contributed by atoms with van der Waals surface area (Å²) in [5.74, 6) is -1.03. The van der Waals surface area contributed by atoms with Gasteiger partial charge in [0.05, 0.1) is 22.7 Å². The van der Waals surface area contributed by atoms with Crippen LogP contribution in [0.15, 0.2) is 42.9 Å². The van der Waals surface area contributed by atoms with Gasteiger partial charge < -0.3 is 15.1 Å². The van der Waals surface area contributed by atoms with Gasteiger partial charge in [0, 0.05) is 24.8 Å². The molecule has 1 N–H and O–H groups in total. The van der Waals surface area contributed by atoms with Crippen molar-refractivity contribution in [1.29, 1.82) is 0 Å². The second kappa shape index (κ2) is 11.5. The number of likely N-dealkylation sites (tertiary alicyclic amines) is 1. The van der Waals surface area contributed by atoms with Crippen molar-refractivity contribution >= 4 is 11.8 Å². The first-order chi connectivity index (χ1) is 19.1. The number of benzene rings is 1. The molecule has 220 valence electrons. The summed E-state index contributed by atoms with van der Waals surface area (Å²) in [6.07, 6.45) is -5.95. The predicted octanol–water partition coefficient (Wildman–Crippen LogP) is 4.36. The van der Waals surface area contributed by atoms with Gasteiger partial charge in [-0.2, -0.15) is 36.1 Å². The van der Waals surface area contributed by atoms with Gasteiger partial charge in [0.2, 0.25) is 0 Å². The predicted molar refractivity (Wildman–Crippen MR) is 134 cm³/mol. The van der Waals surface area contributed by atoms with Crippen molar-refractivity contribution in [2.75, 3.05) is 27.2 Å². The maximum Gasteiger partial charge on any atom is 0.416 e.